The molecule has 1 aliphatic heterocycles. The van der Waals surface area contributed by atoms with Gasteiger partial charge in [0.05, 0.1) is 11.8 Å². The fourth-order valence-corrected chi connectivity index (χ4v) is 1.70. The molecule has 13 heavy (non-hydrogen) atoms. The molecule has 0 aliphatic carbocycles. The molecule has 0 spiro atoms. The number of hydrogen-bond acceptors (Lipinski definition) is 4. The topological polar surface area (TPSA) is 58.3 Å². The Labute approximate surface area is 76.9 Å². The van der Waals surface area contributed by atoms with E-state index < -0.39 is 0 Å². The minimum Gasteiger partial charge on any atom is -0.391 e. The summed E-state index contributed by atoms with van der Waals surface area (Å²) in [5.41, 5.74) is 0.913. The van der Waals surface area contributed by atoms with Crippen LogP contribution >= 0.6 is 0 Å². The lowest BCUT2D eigenvalue weighted by atomic mass is 10.1. The van der Waals surface area contributed by atoms with Crippen LogP contribution in [-0.2, 0) is 6.42 Å². The standard InChI is InChI=1S/C9H14N2O2/c1-6-4-7(11-13-6)5-8-9(12)2-3-10-8/h4,8-10,12H,2-3,5H2,1H3. The van der Waals surface area contributed by atoms with E-state index in [1.807, 2.05) is 13.0 Å². The number of hydrogen-bond donors (Lipinski definition) is 2. The zero-order valence-electron chi connectivity index (χ0n) is 7.66. The van der Waals surface area contributed by atoms with E-state index in [4.69, 9.17) is 4.52 Å². The van der Waals surface area contributed by atoms with E-state index in [9.17, 15) is 5.11 Å². The van der Waals surface area contributed by atoms with Gasteiger partial charge in [0.15, 0.2) is 0 Å². The van der Waals surface area contributed by atoms with Crippen LogP contribution in [0.4, 0.5) is 0 Å². The van der Waals surface area contributed by atoms with Crippen LogP contribution in [0.25, 0.3) is 0 Å². The Morgan fingerprint density at radius 2 is 2.62 bits per heavy atom. The highest BCUT2D eigenvalue weighted by Gasteiger charge is 2.25. The molecule has 0 radical (unpaired) electrons. The van der Waals surface area contributed by atoms with Crippen molar-refractivity contribution in [2.45, 2.75) is 31.9 Å². The van der Waals surface area contributed by atoms with Gasteiger partial charge in [-0.1, -0.05) is 5.16 Å². The number of aryl methyl sites for hydroxylation is 1. The van der Waals surface area contributed by atoms with E-state index in [1.165, 1.54) is 0 Å². The molecule has 0 bridgehead atoms. The van der Waals surface area contributed by atoms with Crippen molar-refractivity contribution >= 4 is 0 Å². The molecule has 2 N–H and O–H groups in total. The van der Waals surface area contributed by atoms with Crippen LogP contribution in [0.5, 0.6) is 0 Å². The molecule has 0 saturated carbocycles. The molecule has 72 valence electrons. The molecule has 2 unspecified atom stereocenters. The summed E-state index contributed by atoms with van der Waals surface area (Å²) in [6, 6.07) is 2.05. The molecule has 1 fully saturated rings. The highest BCUT2D eigenvalue weighted by molar-refractivity contribution is 5.06. The maximum absolute atomic E-state index is 9.54. The molecule has 1 aliphatic rings. The van der Waals surface area contributed by atoms with Gasteiger partial charge in [-0.15, -0.1) is 0 Å². The van der Waals surface area contributed by atoms with Gasteiger partial charge in [0.25, 0.3) is 0 Å². The first-order chi connectivity index (χ1) is 6.25. The highest BCUT2D eigenvalue weighted by atomic mass is 16.5. The van der Waals surface area contributed by atoms with E-state index >= 15 is 0 Å². The molecular formula is C9H14N2O2. The van der Waals surface area contributed by atoms with Gasteiger partial charge >= 0.3 is 0 Å². The lowest BCUT2D eigenvalue weighted by Gasteiger charge is -2.11. The molecule has 0 amide bonds. The highest BCUT2D eigenvalue weighted by Crippen LogP contribution is 2.12. The molecule has 2 heterocycles. The van der Waals surface area contributed by atoms with Crippen molar-refractivity contribution in [1.29, 1.82) is 0 Å². The zero-order chi connectivity index (χ0) is 9.26. The maximum atomic E-state index is 9.54. The van der Waals surface area contributed by atoms with Crippen molar-refractivity contribution in [2.75, 3.05) is 6.54 Å². The third-order valence-corrected chi connectivity index (χ3v) is 2.42. The van der Waals surface area contributed by atoms with Crippen molar-refractivity contribution in [3.63, 3.8) is 0 Å². The summed E-state index contributed by atoms with van der Waals surface area (Å²) in [4.78, 5) is 0. The Kier molecular flexibility index (Phi) is 2.33. The normalized spacial score (nSPS) is 28.2. The first kappa shape index (κ1) is 8.72. The van der Waals surface area contributed by atoms with Crippen molar-refractivity contribution in [1.82, 2.24) is 10.5 Å². The number of aliphatic hydroxyl groups excluding tert-OH is 1. The number of aromatic nitrogens is 1. The lowest BCUT2D eigenvalue weighted by Crippen LogP contribution is -2.32. The van der Waals surface area contributed by atoms with Gasteiger partial charge in [-0.2, -0.15) is 0 Å². The summed E-state index contributed by atoms with van der Waals surface area (Å²) >= 11 is 0. The van der Waals surface area contributed by atoms with Crippen LogP contribution in [0.3, 0.4) is 0 Å². The first-order valence-corrected chi connectivity index (χ1v) is 4.59. The molecule has 1 saturated heterocycles. The third kappa shape index (κ3) is 1.89. The van der Waals surface area contributed by atoms with Crippen molar-refractivity contribution in [2.24, 2.45) is 0 Å². The monoisotopic (exact) mass is 182 g/mol. The Morgan fingerprint density at radius 1 is 1.77 bits per heavy atom. The van der Waals surface area contributed by atoms with Gasteiger partial charge in [0, 0.05) is 18.5 Å². The van der Waals surface area contributed by atoms with Gasteiger partial charge in [-0.3, -0.25) is 0 Å². The number of aliphatic hydroxyl groups is 1. The fraction of sp³-hybridized carbons (Fsp3) is 0.667. The van der Waals surface area contributed by atoms with E-state index in [0.29, 0.717) is 0 Å². The van der Waals surface area contributed by atoms with Crippen LogP contribution < -0.4 is 5.32 Å². The van der Waals surface area contributed by atoms with Crippen LogP contribution in [0, 0.1) is 6.92 Å². The molecule has 4 heteroatoms. The number of rotatable bonds is 2. The quantitative estimate of drug-likeness (QED) is 0.688. The second kappa shape index (κ2) is 3.47. The Bertz CT molecular complexity index is 285. The van der Waals surface area contributed by atoms with Crippen LogP contribution in [0.2, 0.25) is 0 Å². The smallest absolute Gasteiger partial charge is 0.133 e. The predicted octanol–water partition coefficient (Wildman–Crippen LogP) is 0.248. The second-order valence-corrected chi connectivity index (χ2v) is 3.55. The second-order valence-electron chi connectivity index (χ2n) is 3.55. The van der Waals surface area contributed by atoms with Crippen molar-refractivity contribution < 1.29 is 9.63 Å². The summed E-state index contributed by atoms with van der Waals surface area (Å²) < 4.78 is 4.95. The number of nitrogens with zero attached hydrogens (tertiary/aromatic N) is 1. The minimum atomic E-state index is -0.239. The molecule has 4 nitrogen and oxygen atoms in total. The average Bonchev–Trinajstić information content (AvgIpc) is 2.64. The van der Waals surface area contributed by atoms with Gasteiger partial charge in [0.1, 0.15) is 5.76 Å². The van der Waals surface area contributed by atoms with Crippen molar-refractivity contribution in [3.05, 3.63) is 17.5 Å². The summed E-state index contributed by atoms with van der Waals surface area (Å²) in [6.07, 6.45) is 1.34. The Morgan fingerprint density at radius 3 is 3.15 bits per heavy atom. The minimum absolute atomic E-state index is 0.143. The Hall–Kier alpha value is -0.870. The van der Waals surface area contributed by atoms with Gasteiger partial charge in [-0.05, 0) is 19.9 Å². The number of nitrogens with one attached hydrogen (secondary N) is 1. The summed E-state index contributed by atoms with van der Waals surface area (Å²) in [7, 11) is 0. The summed E-state index contributed by atoms with van der Waals surface area (Å²) in [6.45, 7) is 2.76. The van der Waals surface area contributed by atoms with Gasteiger partial charge in [0.2, 0.25) is 0 Å². The largest absolute Gasteiger partial charge is 0.391 e. The van der Waals surface area contributed by atoms with Gasteiger partial charge in [-0.25, -0.2) is 0 Å². The van der Waals surface area contributed by atoms with Crippen molar-refractivity contribution in [3.8, 4) is 0 Å². The van der Waals surface area contributed by atoms with Crippen LogP contribution in [0.1, 0.15) is 17.9 Å². The molecule has 1 aromatic heterocycles. The summed E-state index contributed by atoms with van der Waals surface area (Å²) in [5.74, 6) is 0.822. The predicted molar refractivity (Wildman–Crippen MR) is 47.4 cm³/mol. The third-order valence-electron chi connectivity index (χ3n) is 2.42. The maximum Gasteiger partial charge on any atom is 0.133 e. The van der Waals surface area contributed by atoms with Crippen LogP contribution in [0.15, 0.2) is 10.6 Å². The first-order valence-electron chi connectivity index (χ1n) is 4.59. The summed E-state index contributed by atoms with van der Waals surface area (Å²) in [5, 5.41) is 16.7. The van der Waals surface area contributed by atoms with E-state index in [-0.39, 0.29) is 12.1 Å². The fourth-order valence-electron chi connectivity index (χ4n) is 1.70. The Balaban J connectivity index is 1.97. The molecule has 2 atom stereocenters. The van der Waals surface area contributed by atoms with Gasteiger partial charge < -0.3 is 14.9 Å². The van der Waals surface area contributed by atoms with E-state index in [1.54, 1.807) is 0 Å². The zero-order valence-corrected chi connectivity index (χ0v) is 7.66. The molecule has 1 aromatic rings. The average molecular weight is 182 g/mol. The van der Waals surface area contributed by atoms with E-state index in [2.05, 4.69) is 10.5 Å². The SMILES string of the molecule is Cc1cc(CC2NCCC2O)no1. The van der Waals surface area contributed by atoms with Crippen LogP contribution in [-0.4, -0.2) is 29.0 Å². The lowest BCUT2D eigenvalue weighted by molar-refractivity contribution is 0.158. The molecule has 2 rings (SSSR count). The van der Waals surface area contributed by atoms with E-state index in [0.717, 1.165) is 30.8 Å². The molecular weight excluding hydrogens is 168 g/mol. The molecule has 0 aromatic carbocycles.